The molecule has 3 rings (SSSR count). The third kappa shape index (κ3) is 2.64. The van der Waals surface area contributed by atoms with Gasteiger partial charge in [0.25, 0.3) is 5.91 Å². The fourth-order valence-electron chi connectivity index (χ4n) is 2.47. The minimum absolute atomic E-state index is 0.0486. The third-order valence-corrected chi connectivity index (χ3v) is 3.87. The molecule has 0 atom stereocenters. The van der Waals surface area contributed by atoms with E-state index in [1.807, 2.05) is 12.1 Å². The van der Waals surface area contributed by atoms with Gasteiger partial charge in [-0.15, -0.1) is 0 Å². The van der Waals surface area contributed by atoms with Crippen molar-refractivity contribution in [1.29, 1.82) is 0 Å². The average Bonchev–Trinajstić information content (AvgIpc) is 2.94. The van der Waals surface area contributed by atoms with Gasteiger partial charge in [-0.25, -0.2) is 0 Å². The van der Waals surface area contributed by atoms with Crippen LogP contribution < -0.4 is 10.4 Å². The molecule has 0 bridgehead atoms. The summed E-state index contributed by atoms with van der Waals surface area (Å²) < 4.78 is 5.16. The summed E-state index contributed by atoms with van der Waals surface area (Å²) in [6.07, 6.45) is 0. The van der Waals surface area contributed by atoms with E-state index in [0.29, 0.717) is 23.3 Å². The maximum absolute atomic E-state index is 12.5. The van der Waals surface area contributed by atoms with Crippen LogP contribution >= 0.6 is 0 Å². The first-order valence-electron chi connectivity index (χ1n) is 7.00. The molecule has 1 heterocycles. The number of anilines is 1. The second kappa shape index (κ2) is 5.92. The van der Waals surface area contributed by atoms with E-state index < -0.39 is 7.12 Å². The molecule has 0 unspecified atom stereocenters. The van der Waals surface area contributed by atoms with Crippen molar-refractivity contribution in [3.8, 4) is 0 Å². The van der Waals surface area contributed by atoms with Gasteiger partial charge in [0.15, 0.2) is 0 Å². The Hall–Kier alpha value is -2.15. The van der Waals surface area contributed by atoms with Crippen LogP contribution in [0.5, 0.6) is 0 Å². The van der Waals surface area contributed by atoms with E-state index in [9.17, 15) is 9.82 Å². The number of carbonyl (C=O) groups excluding carboxylic acids is 1. The van der Waals surface area contributed by atoms with E-state index in [0.717, 1.165) is 11.1 Å². The lowest BCUT2D eigenvalue weighted by molar-refractivity contribution is 0.0993. The number of hydrogen-bond acceptors (Lipinski definition) is 4. The first kappa shape index (κ1) is 14.8. The lowest BCUT2D eigenvalue weighted by atomic mass is 9.79. The van der Waals surface area contributed by atoms with Gasteiger partial charge in [-0.3, -0.25) is 4.79 Å². The zero-order valence-electron chi connectivity index (χ0n) is 12.2. The zero-order valence-corrected chi connectivity index (χ0v) is 12.2. The highest BCUT2D eigenvalue weighted by atomic mass is 16.5. The summed E-state index contributed by atoms with van der Waals surface area (Å²) in [5.74, 6) is -0.155. The Labute approximate surface area is 128 Å². The van der Waals surface area contributed by atoms with Crippen LogP contribution in [0.2, 0.25) is 0 Å². The maximum atomic E-state index is 12.5. The Morgan fingerprint density at radius 3 is 2.68 bits per heavy atom. The van der Waals surface area contributed by atoms with Gasteiger partial charge < -0.3 is 19.7 Å². The standard InChI is InChI=1S/C16H16BNO4/c1-18(16(20)12-4-2-11(9-19)3-5-12)14-7-6-13-10-22-17(21)15(13)8-14/h2-8,19,21H,9-10H2,1H3. The van der Waals surface area contributed by atoms with Crippen LogP contribution in [0.15, 0.2) is 42.5 Å². The summed E-state index contributed by atoms with van der Waals surface area (Å²) in [5, 5.41) is 18.8. The molecule has 1 amide bonds. The SMILES string of the molecule is CN(C(=O)c1ccc(CO)cc1)c1ccc2c(c1)B(O)OC2. The van der Waals surface area contributed by atoms with Gasteiger partial charge in [0.1, 0.15) is 0 Å². The molecule has 6 heteroatoms. The number of hydrogen-bond donors (Lipinski definition) is 2. The predicted octanol–water partition coefficient (Wildman–Crippen LogP) is 0.673. The smallest absolute Gasteiger partial charge is 0.423 e. The van der Waals surface area contributed by atoms with Gasteiger partial charge in [-0.05, 0) is 40.9 Å². The molecule has 2 aromatic carbocycles. The fraction of sp³-hybridized carbons (Fsp3) is 0.188. The molecule has 0 fully saturated rings. The molecule has 0 saturated carbocycles. The quantitative estimate of drug-likeness (QED) is 0.817. The number of carbonyl (C=O) groups is 1. The van der Waals surface area contributed by atoms with E-state index in [1.165, 1.54) is 4.90 Å². The molecule has 0 aliphatic carbocycles. The summed E-state index contributed by atoms with van der Waals surface area (Å²) in [5.41, 5.74) is 3.63. The minimum atomic E-state index is -0.928. The van der Waals surface area contributed by atoms with E-state index in [-0.39, 0.29) is 12.5 Å². The van der Waals surface area contributed by atoms with Gasteiger partial charge in [0, 0.05) is 18.3 Å². The van der Waals surface area contributed by atoms with Gasteiger partial charge in [0.2, 0.25) is 0 Å². The monoisotopic (exact) mass is 297 g/mol. The van der Waals surface area contributed by atoms with Crippen molar-refractivity contribution in [3.63, 3.8) is 0 Å². The van der Waals surface area contributed by atoms with Crippen molar-refractivity contribution in [2.45, 2.75) is 13.2 Å². The topological polar surface area (TPSA) is 70.0 Å². The highest BCUT2D eigenvalue weighted by Gasteiger charge is 2.28. The second-order valence-electron chi connectivity index (χ2n) is 5.27. The summed E-state index contributed by atoms with van der Waals surface area (Å²) in [7, 11) is 0.758. The zero-order chi connectivity index (χ0) is 15.7. The third-order valence-electron chi connectivity index (χ3n) is 3.87. The molecule has 2 N–H and O–H groups in total. The van der Waals surface area contributed by atoms with Gasteiger partial charge in [-0.1, -0.05) is 18.2 Å². The van der Waals surface area contributed by atoms with E-state index >= 15 is 0 Å². The summed E-state index contributed by atoms with van der Waals surface area (Å²) in [6.45, 7) is 0.337. The summed E-state index contributed by atoms with van der Waals surface area (Å²) in [6, 6.07) is 12.3. The first-order valence-corrected chi connectivity index (χ1v) is 7.00. The highest BCUT2D eigenvalue weighted by molar-refractivity contribution is 6.61. The van der Waals surface area contributed by atoms with E-state index in [4.69, 9.17) is 9.76 Å². The van der Waals surface area contributed by atoms with Crippen molar-refractivity contribution < 1.29 is 19.6 Å². The van der Waals surface area contributed by atoms with Crippen molar-refractivity contribution in [1.82, 2.24) is 0 Å². The van der Waals surface area contributed by atoms with Crippen LogP contribution in [0.25, 0.3) is 0 Å². The number of nitrogens with zero attached hydrogens (tertiary/aromatic N) is 1. The van der Waals surface area contributed by atoms with Gasteiger partial charge >= 0.3 is 7.12 Å². The molecule has 0 saturated heterocycles. The molecule has 1 aliphatic rings. The first-order chi connectivity index (χ1) is 10.6. The van der Waals surface area contributed by atoms with Crippen LogP contribution in [0.3, 0.4) is 0 Å². The number of fused-ring (bicyclic) bond motifs is 1. The number of aliphatic hydroxyl groups is 1. The highest BCUT2D eigenvalue weighted by Crippen LogP contribution is 2.19. The van der Waals surface area contributed by atoms with Crippen molar-refractivity contribution in [2.24, 2.45) is 0 Å². The molecule has 112 valence electrons. The number of rotatable bonds is 3. The Balaban J connectivity index is 1.85. The average molecular weight is 297 g/mol. The second-order valence-corrected chi connectivity index (χ2v) is 5.27. The van der Waals surface area contributed by atoms with Gasteiger partial charge in [0.05, 0.1) is 13.2 Å². The number of amides is 1. The molecule has 0 aromatic heterocycles. The molecule has 2 aromatic rings. The molecule has 22 heavy (non-hydrogen) atoms. The molecule has 0 radical (unpaired) electrons. The van der Waals surface area contributed by atoms with E-state index in [2.05, 4.69) is 0 Å². The van der Waals surface area contributed by atoms with Crippen LogP contribution in [0, 0.1) is 0 Å². The Morgan fingerprint density at radius 2 is 2.00 bits per heavy atom. The summed E-state index contributed by atoms with van der Waals surface area (Å²) in [4.78, 5) is 14.0. The molecule has 1 aliphatic heterocycles. The lowest BCUT2D eigenvalue weighted by Gasteiger charge is -2.18. The van der Waals surface area contributed by atoms with Gasteiger partial charge in [-0.2, -0.15) is 0 Å². The van der Waals surface area contributed by atoms with Crippen LogP contribution in [-0.2, 0) is 17.9 Å². The molecular weight excluding hydrogens is 281 g/mol. The fourth-order valence-corrected chi connectivity index (χ4v) is 2.47. The number of benzene rings is 2. The number of aliphatic hydroxyl groups excluding tert-OH is 1. The Morgan fingerprint density at radius 1 is 1.27 bits per heavy atom. The van der Waals surface area contributed by atoms with E-state index in [1.54, 1.807) is 37.4 Å². The van der Waals surface area contributed by atoms with Crippen LogP contribution in [0.1, 0.15) is 21.5 Å². The van der Waals surface area contributed by atoms with Crippen molar-refractivity contribution >= 4 is 24.2 Å². The summed E-state index contributed by atoms with van der Waals surface area (Å²) >= 11 is 0. The largest absolute Gasteiger partial charge is 0.491 e. The predicted molar refractivity (Wildman–Crippen MR) is 83.9 cm³/mol. The normalized spacial score (nSPS) is 13.1. The lowest BCUT2D eigenvalue weighted by Crippen LogP contribution is -2.31. The van der Waals surface area contributed by atoms with Crippen LogP contribution in [0.4, 0.5) is 5.69 Å². The Bertz CT molecular complexity index is 702. The van der Waals surface area contributed by atoms with Crippen molar-refractivity contribution in [3.05, 3.63) is 59.2 Å². The minimum Gasteiger partial charge on any atom is -0.423 e. The van der Waals surface area contributed by atoms with Crippen molar-refractivity contribution in [2.75, 3.05) is 11.9 Å². The van der Waals surface area contributed by atoms with Crippen LogP contribution in [-0.4, -0.2) is 30.2 Å². The molecular formula is C16H16BNO4. The Kier molecular flexibility index (Phi) is 3.98. The molecule has 0 spiro atoms. The molecule has 5 nitrogen and oxygen atoms in total. The maximum Gasteiger partial charge on any atom is 0.491 e.